The number of aromatic carboxylic acids is 1. The number of pyridine rings is 2. The molecule has 0 bridgehead atoms. The molecule has 5 N–H and O–H groups in total. The lowest BCUT2D eigenvalue weighted by atomic mass is 10.1. The second-order valence-corrected chi connectivity index (χ2v) is 9.82. The fourth-order valence-electron chi connectivity index (χ4n) is 4.80. The largest absolute Gasteiger partial charge is 0.507 e. The molecule has 7 aromatic rings. The van der Waals surface area contributed by atoms with Gasteiger partial charge in [0.25, 0.3) is 0 Å². The van der Waals surface area contributed by atoms with Crippen molar-refractivity contribution >= 4 is 27.8 Å². The van der Waals surface area contributed by atoms with Crippen molar-refractivity contribution in [3.63, 3.8) is 0 Å². The Labute approximate surface area is 246 Å². The van der Waals surface area contributed by atoms with Gasteiger partial charge < -0.3 is 25.5 Å². The summed E-state index contributed by atoms with van der Waals surface area (Å²) in [6, 6.07) is 19.7. The number of carbonyl (C=O) groups is 1. The Bertz CT molecular complexity index is 2240. The van der Waals surface area contributed by atoms with Crippen LogP contribution in [0.25, 0.3) is 56.0 Å². The summed E-state index contributed by atoms with van der Waals surface area (Å²) in [5, 5.41) is 66.5. The van der Waals surface area contributed by atoms with E-state index >= 15 is 0 Å². The lowest BCUT2D eigenvalue weighted by molar-refractivity contribution is -0.0438. The maximum absolute atomic E-state index is 11.2. The predicted molar refractivity (Wildman–Crippen MR) is 155 cm³/mol. The molecule has 0 amide bonds. The van der Waals surface area contributed by atoms with Crippen LogP contribution in [0.4, 0.5) is 0 Å². The molecule has 0 radical (unpaired) electrons. The van der Waals surface area contributed by atoms with Crippen molar-refractivity contribution in [3.05, 3.63) is 96.3 Å². The van der Waals surface area contributed by atoms with Crippen LogP contribution in [-0.2, 0) is 0 Å². The van der Waals surface area contributed by atoms with Crippen LogP contribution in [0, 0.1) is 0 Å². The third kappa shape index (κ3) is 4.61. The Hall–Kier alpha value is -6.25. The number of hydrogen-bond donors (Lipinski definition) is 5. The van der Waals surface area contributed by atoms with E-state index in [1.54, 1.807) is 24.5 Å². The van der Waals surface area contributed by atoms with Gasteiger partial charge in [-0.25, -0.2) is 24.1 Å². The Morgan fingerprint density at radius 3 is 1.61 bits per heavy atom. The summed E-state index contributed by atoms with van der Waals surface area (Å²) >= 11 is 0. The van der Waals surface area contributed by atoms with Crippen molar-refractivity contribution in [2.75, 3.05) is 0 Å². The van der Waals surface area contributed by atoms with Crippen molar-refractivity contribution in [2.24, 2.45) is 0 Å². The smallest absolute Gasteiger partial charge is 0.339 e. The zero-order valence-electron chi connectivity index (χ0n) is 22.4. The first-order chi connectivity index (χ1) is 21.2. The number of aromatic nitrogens is 8. The SMILES string of the molecule is O=C(O)c1ccc(-n2cc(-c3ccc4ccc5ccc(-c6cn(-c7ccc(C(O)O)c(O)c7)nn6)nc5c4n3)nn2)cc1O. The number of carboxylic acid groups (broad SMARTS) is 1. The van der Waals surface area contributed by atoms with Crippen molar-refractivity contribution < 1.29 is 30.3 Å². The van der Waals surface area contributed by atoms with Gasteiger partial charge in [0.05, 0.1) is 46.2 Å². The van der Waals surface area contributed by atoms with E-state index in [9.17, 15) is 25.2 Å². The summed E-state index contributed by atoms with van der Waals surface area (Å²) < 4.78 is 2.85. The van der Waals surface area contributed by atoms with Crippen LogP contribution in [0.5, 0.6) is 11.5 Å². The topological polar surface area (TPSA) is 205 Å². The summed E-state index contributed by atoms with van der Waals surface area (Å²) in [4.78, 5) is 20.9. The van der Waals surface area contributed by atoms with Crippen LogP contribution >= 0.6 is 0 Å². The molecule has 4 heterocycles. The van der Waals surface area contributed by atoms with Crippen LogP contribution in [0.1, 0.15) is 22.2 Å². The number of aromatic hydroxyl groups is 2. The van der Waals surface area contributed by atoms with Gasteiger partial charge in [-0.2, -0.15) is 0 Å². The highest BCUT2D eigenvalue weighted by molar-refractivity contribution is 6.04. The summed E-state index contributed by atoms with van der Waals surface area (Å²) in [7, 11) is 0. The van der Waals surface area contributed by atoms with Crippen LogP contribution in [0.15, 0.2) is 85.2 Å². The first-order valence-electron chi connectivity index (χ1n) is 13.1. The Kier molecular flexibility index (Phi) is 6.19. The Balaban J connectivity index is 1.24. The van der Waals surface area contributed by atoms with Gasteiger partial charge in [-0.1, -0.05) is 34.7 Å². The minimum atomic E-state index is -1.81. The summed E-state index contributed by atoms with van der Waals surface area (Å²) in [5.74, 6) is -1.92. The highest BCUT2D eigenvalue weighted by atomic mass is 16.5. The molecule has 0 aliphatic carbocycles. The van der Waals surface area contributed by atoms with Gasteiger partial charge in [-0.15, -0.1) is 10.2 Å². The zero-order valence-corrected chi connectivity index (χ0v) is 22.4. The van der Waals surface area contributed by atoms with Crippen LogP contribution in [0.3, 0.4) is 0 Å². The van der Waals surface area contributed by atoms with Crippen molar-refractivity contribution in [1.82, 2.24) is 40.0 Å². The third-order valence-corrected chi connectivity index (χ3v) is 7.06. The van der Waals surface area contributed by atoms with Crippen LogP contribution in [-0.4, -0.2) is 71.5 Å². The Morgan fingerprint density at radius 1 is 0.636 bits per heavy atom. The number of phenolic OH excluding ortho intramolecular Hbond substituents is 1. The number of phenols is 2. The average molecular weight is 589 g/mol. The summed E-state index contributed by atoms with van der Waals surface area (Å²) in [5.41, 5.74) is 3.86. The van der Waals surface area contributed by atoms with Gasteiger partial charge in [0, 0.05) is 28.5 Å². The van der Waals surface area contributed by atoms with Gasteiger partial charge >= 0.3 is 5.97 Å². The molecule has 14 heteroatoms. The summed E-state index contributed by atoms with van der Waals surface area (Å²) in [6.45, 7) is 0. The lowest BCUT2D eigenvalue weighted by Gasteiger charge is -2.08. The second kappa shape index (κ2) is 10.2. The molecule has 3 aromatic carbocycles. The fraction of sp³-hybridized carbons (Fsp3) is 0.0333. The molecule has 0 saturated heterocycles. The number of aliphatic hydroxyl groups excluding tert-OH is 1. The minimum absolute atomic E-state index is 0.0275. The molecule has 14 nitrogen and oxygen atoms in total. The molecular weight excluding hydrogens is 568 g/mol. The van der Waals surface area contributed by atoms with Gasteiger partial charge in [-0.05, 0) is 36.4 Å². The summed E-state index contributed by atoms with van der Waals surface area (Å²) in [6.07, 6.45) is 1.46. The van der Waals surface area contributed by atoms with E-state index in [-0.39, 0.29) is 22.6 Å². The van der Waals surface area contributed by atoms with Crippen molar-refractivity contribution in [1.29, 1.82) is 0 Å². The molecule has 0 saturated carbocycles. The molecule has 0 aliphatic heterocycles. The molecule has 0 atom stereocenters. The van der Waals surface area contributed by atoms with E-state index in [0.717, 1.165) is 10.8 Å². The molecule has 0 aliphatic rings. The average Bonchev–Trinajstić information content (AvgIpc) is 3.71. The highest BCUT2D eigenvalue weighted by Crippen LogP contribution is 2.29. The number of nitrogens with zero attached hydrogens (tertiary/aromatic N) is 8. The number of carboxylic acids is 1. The lowest BCUT2D eigenvalue weighted by Crippen LogP contribution is -1.99. The predicted octanol–water partition coefficient (Wildman–Crippen LogP) is 3.37. The quantitative estimate of drug-likeness (QED) is 0.140. The first-order valence-corrected chi connectivity index (χ1v) is 13.1. The van der Waals surface area contributed by atoms with Gasteiger partial charge in [-0.3, -0.25) is 0 Å². The number of benzene rings is 3. The third-order valence-electron chi connectivity index (χ3n) is 7.06. The normalized spacial score (nSPS) is 11.5. The van der Waals surface area contributed by atoms with E-state index in [2.05, 4.69) is 20.6 Å². The molecule has 0 fully saturated rings. The fourth-order valence-corrected chi connectivity index (χ4v) is 4.80. The van der Waals surface area contributed by atoms with E-state index in [4.69, 9.17) is 15.1 Å². The van der Waals surface area contributed by atoms with Crippen molar-refractivity contribution in [2.45, 2.75) is 6.29 Å². The minimum Gasteiger partial charge on any atom is -0.507 e. The Morgan fingerprint density at radius 2 is 1.14 bits per heavy atom. The van der Waals surface area contributed by atoms with Crippen LogP contribution < -0.4 is 0 Å². The number of aliphatic hydroxyl groups is 2. The molecule has 44 heavy (non-hydrogen) atoms. The molecule has 7 rings (SSSR count). The van der Waals surface area contributed by atoms with E-state index in [0.29, 0.717) is 45.2 Å². The zero-order chi connectivity index (χ0) is 30.5. The van der Waals surface area contributed by atoms with Crippen LogP contribution in [0.2, 0.25) is 0 Å². The maximum atomic E-state index is 11.2. The molecule has 0 unspecified atom stereocenters. The van der Waals surface area contributed by atoms with E-state index in [1.165, 1.54) is 39.7 Å². The number of rotatable bonds is 6. The van der Waals surface area contributed by atoms with Gasteiger partial charge in [0.15, 0.2) is 6.29 Å². The van der Waals surface area contributed by atoms with Gasteiger partial charge in [0.1, 0.15) is 28.5 Å². The maximum Gasteiger partial charge on any atom is 0.339 e. The second-order valence-electron chi connectivity index (χ2n) is 9.82. The molecule has 0 spiro atoms. The number of fused-ring (bicyclic) bond motifs is 3. The monoisotopic (exact) mass is 588 g/mol. The highest BCUT2D eigenvalue weighted by Gasteiger charge is 2.16. The molecule has 4 aromatic heterocycles. The van der Waals surface area contributed by atoms with E-state index in [1.807, 2.05) is 30.3 Å². The first kappa shape index (κ1) is 26.6. The van der Waals surface area contributed by atoms with E-state index < -0.39 is 12.3 Å². The van der Waals surface area contributed by atoms with Gasteiger partial charge in [0.2, 0.25) is 0 Å². The molecule has 216 valence electrons. The standard InChI is InChI=1S/C30H20N8O6/c39-25-11-17(5-7-19(25)29(41)42)37-13-23(33-35-37)21-9-3-15-1-2-16-4-10-22(32-28(16)27(15)31-21)24-14-38(36-34-24)18-6-8-20(30(43)44)26(40)12-18/h1-14,29,39-42H,(H,43,44). The number of hydrogen-bond acceptors (Lipinski definition) is 11. The molecular formula is C30H20N8O6. The van der Waals surface area contributed by atoms with Crippen molar-refractivity contribution in [3.8, 4) is 45.6 Å².